The van der Waals surface area contributed by atoms with Gasteiger partial charge in [-0.1, -0.05) is 20.8 Å². The van der Waals surface area contributed by atoms with Crippen molar-refractivity contribution in [1.82, 2.24) is 29.8 Å². The van der Waals surface area contributed by atoms with Crippen molar-refractivity contribution in [2.75, 3.05) is 25.1 Å². The second-order valence-corrected chi connectivity index (χ2v) is 7.96. The molecule has 1 aliphatic heterocycles. The van der Waals surface area contributed by atoms with Crippen LogP contribution in [0.3, 0.4) is 0 Å². The van der Waals surface area contributed by atoms with Crippen LogP contribution in [0.5, 0.6) is 5.88 Å². The van der Waals surface area contributed by atoms with Crippen LogP contribution in [0.2, 0.25) is 0 Å². The van der Waals surface area contributed by atoms with Crippen molar-refractivity contribution < 1.29 is 4.74 Å². The molecule has 3 aromatic heterocycles. The van der Waals surface area contributed by atoms with Gasteiger partial charge in [-0.05, 0) is 25.0 Å². The highest BCUT2D eigenvalue weighted by atomic mass is 16.5. The van der Waals surface area contributed by atoms with E-state index in [4.69, 9.17) is 9.84 Å². The topological polar surface area (TPSA) is 81.3 Å². The van der Waals surface area contributed by atoms with Crippen molar-refractivity contribution in [3.8, 4) is 5.88 Å². The molecule has 0 bridgehead atoms. The average molecular weight is 367 g/mol. The maximum atomic E-state index is 5.20. The summed E-state index contributed by atoms with van der Waals surface area (Å²) in [7, 11) is 1.62. The normalized spacial score (nSPS) is 16.1. The van der Waals surface area contributed by atoms with E-state index in [9.17, 15) is 0 Å². The Morgan fingerprint density at radius 3 is 2.56 bits per heavy atom. The maximum Gasteiger partial charge on any atom is 0.228 e. The van der Waals surface area contributed by atoms with Crippen molar-refractivity contribution in [1.29, 1.82) is 0 Å². The van der Waals surface area contributed by atoms with E-state index in [1.807, 2.05) is 16.6 Å². The first-order chi connectivity index (χ1) is 13.0. The number of fused-ring (bicyclic) bond motifs is 1. The van der Waals surface area contributed by atoms with Gasteiger partial charge in [0.2, 0.25) is 11.8 Å². The molecular formula is C19H25N7O. The molecule has 4 rings (SSSR count). The summed E-state index contributed by atoms with van der Waals surface area (Å²) in [5, 5.41) is 13.6. The standard InChI is InChI=1S/C19H25N7O/c1-19(2,3)14-5-6-15-22-23-17(26(15)24-14)13-8-11-25(12-9-13)18-20-10-7-16(21-18)27-4/h5-7,10,13H,8-9,11-12H2,1-4H3. The number of piperidine rings is 1. The van der Waals surface area contributed by atoms with Crippen LogP contribution < -0.4 is 9.64 Å². The van der Waals surface area contributed by atoms with Crippen LogP contribution in [0.25, 0.3) is 5.65 Å². The second kappa shape index (κ2) is 6.75. The summed E-state index contributed by atoms with van der Waals surface area (Å²) in [6, 6.07) is 5.80. The predicted molar refractivity (Wildman–Crippen MR) is 102 cm³/mol. The Kier molecular flexibility index (Phi) is 4.41. The number of hydrogen-bond donors (Lipinski definition) is 0. The third kappa shape index (κ3) is 3.43. The first kappa shape index (κ1) is 17.6. The summed E-state index contributed by atoms with van der Waals surface area (Å²) in [5.74, 6) is 2.57. The summed E-state index contributed by atoms with van der Waals surface area (Å²) >= 11 is 0. The molecule has 0 saturated carbocycles. The zero-order valence-corrected chi connectivity index (χ0v) is 16.3. The minimum absolute atomic E-state index is 0.0111. The van der Waals surface area contributed by atoms with E-state index in [0.29, 0.717) is 17.7 Å². The van der Waals surface area contributed by atoms with E-state index < -0.39 is 0 Å². The van der Waals surface area contributed by atoms with Crippen LogP contribution in [0.15, 0.2) is 24.4 Å². The van der Waals surface area contributed by atoms with Gasteiger partial charge in [0.1, 0.15) is 0 Å². The van der Waals surface area contributed by atoms with E-state index in [1.165, 1.54) is 0 Å². The smallest absolute Gasteiger partial charge is 0.228 e. The molecule has 0 atom stereocenters. The predicted octanol–water partition coefficient (Wildman–Crippen LogP) is 2.60. The molecule has 3 aromatic rings. The molecule has 0 N–H and O–H groups in total. The molecule has 0 aromatic carbocycles. The summed E-state index contributed by atoms with van der Waals surface area (Å²) in [6.07, 6.45) is 3.66. The van der Waals surface area contributed by atoms with E-state index in [2.05, 4.69) is 45.8 Å². The number of nitrogens with zero attached hydrogens (tertiary/aromatic N) is 7. The minimum Gasteiger partial charge on any atom is -0.481 e. The first-order valence-corrected chi connectivity index (χ1v) is 9.30. The Balaban J connectivity index is 1.54. The van der Waals surface area contributed by atoms with Crippen LogP contribution >= 0.6 is 0 Å². The van der Waals surface area contributed by atoms with Crippen LogP contribution in [-0.2, 0) is 5.41 Å². The average Bonchev–Trinajstić information content (AvgIpc) is 3.11. The molecule has 1 fully saturated rings. The van der Waals surface area contributed by atoms with Crippen molar-refractivity contribution in [2.45, 2.75) is 44.9 Å². The zero-order chi connectivity index (χ0) is 19.0. The number of aromatic nitrogens is 6. The summed E-state index contributed by atoms with van der Waals surface area (Å²) < 4.78 is 7.12. The molecule has 1 aliphatic rings. The Morgan fingerprint density at radius 2 is 1.85 bits per heavy atom. The van der Waals surface area contributed by atoms with E-state index in [1.54, 1.807) is 19.4 Å². The summed E-state index contributed by atoms with van der Waals surface area (Å²) in [5.41, 5.74) is 1.83. The van der Waals surface area contributed by atoms with E-state index >= 15 is 0 Å². The monoisotopic (exact) mass is 367 g/mol. The van der Waals surface area contributed by atoms with E-state index in [0.717, 1.165) is 43.1 Å². The Hall–Kier alpha value is -2.77. The quantitative estimate of drug-likeness (QED) is 0.704. The SMILES string of the molecule is COc1ccnc(N2CCC(c3nnc4ccc(C(C)(C)C)nn34)CC2)n1. The lowest BCUT2D eigenvalue weighted by Crippen LogP contribution is -2.34. The summed E-state index contributed by atoms with van der Waals surface area (Å²) in [6.45, 7) is 8.23. The zero-order valence-electron chi connectivity index (χ0n) is 16.3. The minimum atomic E-state index is -0.0111. The van der Waals surface area contributed by atoms with Crippen LogP contribution in [-0.4, -0.2) is 50.0 Å². The van der Waals surface area contributed by atoms with Crippen LogP contribution in [0.1, 0.15) is 51.0 Å². The molecule has 142 valence electrons. The van der Waals surface area contributed by atoms with Gasteiger partial charge in [0.05, 0.1) is 12.8 Å². The number of anilines is 1. The van der Waals surface area contributed by atoms with Crippen LogP contribution in [0, 0.1) is 0 Å². The van der Waals surface area contributed by atoms with Crippen molar-refractivity contribution in [3.05, 3.63) is 35.9 Å². The van der Waals surface area contributed by atoms with Gasteiger partial charge in [-0.15, -0.1) is 10.2 Å². The third-order valence-electron chi connectivity index (χ3n) is 5.02. The Labute approximate surface area is 158 Å². The van der Waals surface area contributed by atoms with Gasteiger partial charge in [-0.2, -0.15) is 14.6 Å². The lowest BCUT2D eigenvalue weighted by Gasteiger charge is -2.31. The first-order valence-electron chi connectivity index (χ1n) is 9.30. The van der Waals surface area contributed by atoms with Gasteiger partial charge < -0.3 is 9.64 Å². The Morgan fingerprint density at radius 1 is 1.07 bits per heavy atom. The third-order valence-corrected chi connectivity index (χ3v) is 5.02. The van der Waals surface area contributed by atoms with Gasteiger partial charge in [0.15, 0.2) is 11.5 Å². The molecule has 0 aliphatic carbocycles. The maximum absolute atomic E-state index is 5.20. The molecule has 4 heterocycles. The number of ether oxygens (including phenoxy) is 1. The molecule has 8 heteroatoms. The van der Waals surface area contributed by atoms with Gasteiger partial charge >= 0.3 is 0 Å². The molecule has 8 nitrogen and oxygen atoms in total. The van der Waals surface area contributed by atoms with Gasteiger partial charge in [-0.3, -0.25) is 0 Å². The fourth-order valence-electron chi connectivity index (χ4n) is 3.40. The fraction of sp³-hybridized carbons (Fsp3) is 0.526. The van der Waals surface area contributed by atoms with Crippen molar-refractivity contribution in [3.63, 3.8) is 0 Å². The lowest BCUT2D eigenvalue weighted by molar-refractivity contribution is 0.395. The van der Waals surface area contributed by atoms with Crippen LogP contribution in [0.4, 0.5) is 5.95 Å². The largest absolute Gasteiger partial charge is 0.481 e. The highest BCUT2D eigenvalue weighted by Gasteiger charge is 2.27. The lowest BCUT2D eigenvalue weighted by atomic mass is 9.92. The number of hydrogen-bond acceptors (Lipinski definition) is 7. The molecule has 0 unspecified atom stereocenters. The molecule has 1 saturated heterocycles. The van der Waals surface area contributed by atoms with Gasteiger partial charge in [-0.25, -0.2) is 4.98 Å². The molecule has 0 amide bonds. The van der Waals surface area contributed by atoms with Crippen molar-refractivity contribution >= 4 is 11.6 Å². The molecule has 0 radical (unpaired) electrons. The van der Waals surface area contributed by atoms with Gasteiger partial charge in [0, 0.05) is 36.7 Å². The van der Waals surface area contributed by atoms with E-state index in [-0.39, 0.29) is 5.41 Å². The second-order valence-electron chi connectivity index (χ2n) is 7.96. The summed E-state index contributed by atoms with van der Waals surface area (Å²) in [4.78, 5) is 11.0. The number of rotatable bonds is 3. The highest BCUT2D eigenvalue weighted by Crippen LogP contribution is 2.29. The fourth-order valence-corrected chi connectivity index (χ4v) is 3.40. The molecular weight excluding hydrogens is 342 g/mol. The number of methoxy groups -OCH3 is 1. The van der Waals surface area contributed by atoms with Gasteiger partial charge in [0.25, 0.3) is 0 Å². The van der Waals surface area contributed by atoms with Crippen molar-refractivity contribution in [2.24, 2.45) is 0 Å². The molecule has 0 spiro atoms. The molecule has 27 heavy (non-hydrogen) atoms. The Bertz CT molecular complexity index is 939. The highest BCUT2D eigenvalue weighted by molar-refractivity contribution is 5.38.